The Bertz CT molecular complexity index is 688. The fourth-order valence-electron chi connectivity index (χ4n) is 2.34. The van der Waals surface area contributed by atoms with E-state index in [1.807, 2.05) is 16.0 Å². The maximum atomic E-state index is 11.9. The molecule has 1 fully saturated rings. The Morgan fingerprint density at radius 1 is 1.62 bits per heavy atom. The zero-order valence-corrected chi connectivity index (χ0v) is 13.0. The highest BCUT2D eigenvalue weighted by Crippen LogP contribution is 2.47. The van der Waals surface area contributed by atoms with Gasteiger partial charge in [-0.3, -0.25) is 9.20 Å². The minimum atomic E-state index is -0.152. The van der Waals surface area contributed by atoms with Crippen LogP contribution in [0, 0.1) is 5.41 Å². The van der Waals surface area contributed by atoms with Crippen LogP contribution in [-0.2, 0) is 4.79 Å². The molecule has 112 valence electrons. The number of carbonyl (C=O) groups excluding carboxylic acids is 1. The highest BCUT2D eigenvalue weighted by Gasteiger charge is 2.41. The first kappa shape index (κ1) is 14.6. The second-order valence-corrected chi connectivity index (χ2v) is 6.60. The molecule has 1 amide bonds. The lowest BCUT2D eigenvalue weighted by Gasteiger charge is -2.13. The Hall–Kier alpha value is -1.37. The van der Waals surface area contributed by atoms with Crippen LogP contribution in [0.1, 0.15) is 25.0 Å². The fourth-order valence-corrected chi connectivity index (χ4v) is 3.35. The van der Waals surface area contributed by atoms with Gasteiger partial charge in [-0.05, 0) is 30.8 Å². The fraction of sp³-hybridized carbons (Fsp3) is 0.429. The quantitative estimate of drug-likeness (QED) is 0.801. The molecule has 2 aromatic rings. The van der Waals surface area contributed by atoms with Gasteiger partial charge >= 0.3 is 0 Å². The summed E-state index contributed by atoms with van der Waals surface area (Å²) in [7, 11) is 0. The van der Waals surface area contributed by atoms with Crippen molar-refractivity contribution in [2.24, 2.45) is 5.41 Å². The minimum absolute atomic E-state index is 0.118. The lowest BCUT2D eigenvalue weighted by atomic mass is 10.0. The van der Waals surface area contributed by atoms with Crippen molar-refractivity contribution in [1.29, 1.82) is 0 Å². The molecule has 0 atom stereocenters. The number of nitrogens with zero attached hydrogens (tertiary/aromatic N) is 2. The molecule has 0 aromatic carbocycles. The predicted molar refractivity (Wildman–Crippen MR) is 83.5 cm³/mol. The van der Waals surface area contributed by atoms with Gasteiger partial charge < -0.3 is 10.4 Å². The summed E-state index contributed by atoms with van der Waals surface area (Å²) in [4.78, 5) is 16.9. The van der Waals surface area contributed by atoms with Crippen molar-refractivity contribution in [3.63, 3.8) is 0 Å². The zero-order valence-electron chi connectivity index (χ0n) is 11.4. The first-order valence-electron chi connectivity index (χ1n) is 6.81. The van der Waals surface area contributed by atoms with Crippen molar-refractivity contribution in [1.82, 2.24) is 14.7 Å². The number of hydrogen-bond donors (Lipinski definition) is 2. The molecule has 7 heteroatoms. The molecule has 2 N–H and O–H groups in total. The van der Waals surface area contributed by atoms with Crippen molar-refractivity contribution in [3.05, 3.63) is 28.5 Å². The van der Waals surface area contributed by atoms with Gasteiger partial charge in [0.1, 0.15) is 0 Å². The molecular formula is C14H16ClN3O2S. The molecule has 0 saturated heterocycles. The summed E-state index contributed by atoms with van der Waals surface area (Å²) < 4.78 is 1.85. The number of imidazole rings is 1. The molecule has 0 spiro atoms. The third-order valence-corrected chi connectivity index (χ3v) is 4.92. The lowest BCUT2D eigenvalue weighted by Crippen LogP contribution is -2.29. The molecule has 21 heavy (non-hydrogen) atoms. The summed E-state index contributed by atoms with van der Waals surface area (Å²) in [5, 5.41) is 14.2. The maximum Gasteiger partial charge on any atom is 0.244 e. The summed E-state index contributed by atoms with van der Waals surface area (Å²) in [6.07, 6.45) is 7.92. The van der Waals surface area contributed by atoms with Gasteiger partial charge in [-0.2, -0.15) is 0 Å². The van der Waals surface area contributed by atoms with Crippen LogP contribution in [0.4, 0.5) is 0 Å². The Morgan fingerprint density at radius 2 is 2.43 bits per heavy atom. The standard InChI is InChI=1S/C14H16ClN3O2S/c15-12-10(18-6-8-21-13(18)17-12)1-2-11(20)16-9-14(3-4-14)5-7-19/h1-2,6,8,19H,3-5,7,9H2,(H,16,20)/b2-1+. The van der Waals surface area contributed by atoms with Gasteiger partial charge in [-0.15, -0.1) is 11.3 Å². The topological polar surface area (TPSA) is 66.6 Å². The number of aliphatic hydroxyl groups is 1. The Balaban J connectivity index is 1.62. The van der Waals surface area contributed by atoms with Gasteiger partial charge in [0.15, 0.2) is 10.1 Å². The molecule has 1 aliphatic carbocycles. The predicted octanol–water partition coefficient (Wildman–Crippen LogP) is 2.34. The number of nitrogens with one attached hydrogen (secondary N) is 1. The SMILES string of the molecule is O=C(/C=C/c1c(Cl)nc2sccn12)NCC1(CCO)CC1. The van der Waals surface area contributed by atoms with Crippen LogP contribution >= 0.6 is 22.9 Å². The van der Waals surface area contributed by atoms with E-state index in [0.717, 1.165) is 24.2 Å². The molecule has 5 nitrogen and oxygen atoms in total. The molecule has 0 aliphatic heterocycles. The third-order valence-electron chi connectivity index (χ3n) is 3.88. The second-order valence-electron chi connectivity index (χ2n) is 5.37. The zero-order chi connectivity index (χ0) is 14.9. The van der Waals surface area contributed by atoms with Gasteiger partial charge in [0, 0.05) is 30.8 Å². The van der Waals surface area contributed by atoms with Gasteiger partial charge in [0.25, 0.3) is 0 Å². The van der Waals surface area contributed by atoms with Crippen LogP contribution < -0.4 is 5.32 Å². The molecule has 0 bridgehead atoms. The van der Waals surface area contributed by atoms with Crippen LogP contribution in [0.15, 0.2) is 17.7 Å². The number of carbonyl (C=O) groups is 1. The summed E-state index contributed by atoms with van der Waals surface area (Å²) in [6, 6.07) is 0. The number of hydrogen-bond acceptors (Lipinski definition) is 4. The molecule has 2 heterocycles. The first-order chi connectivity index (χ1) is 10.1. The normalized spacial score (nSPS) is 16.7. The number of fused-ring (bicyclic) bond motifs is 1. The Kier molecular flexibility index (Phi) is 4.01. The van der Waals surface area contributed by atoms with E-state index in [2.05, 4.69) is 10.3 Å². The molecule has 1 saturated carbocycles. The van der Waals surface area contributed by atoms with Crippen LogP contribution in [0.3, 0.4) is 0 Å². The highest BCUT2D eigenvalue weighted by molar-refractivity contribution is 7.15. The second kappa shape index (κ2) is 5.79. The molecule has 1 aliphatic rings. The van der Waals surface area contributed by atoms with E-state index < -0.39 is 0 Å². The monoisotopic (exact) mass is 325 g/mol. The average molecular weight is 326 g/mol. The van der Waals surface area contributed by atoms with Crippen molar-refractivity contribution in [2.45, 2.75) is 19.3 Å². The van der Waals surface area contributed by atoms with E-state index in [4.69, 9.17) is 16.7 Å². The highest BCUT2D eigenvalue weighted by atomic mass is 35.5. The van der Waals surface area contributed by atoms with Gasteiger partial charge in [0.2, 0.25) is 5.91 Å². The number of amides is 1. The van der Waals surface area contributed by atoms with E-state index in [0.29, 0.717) is 17.4 Å². The van der Waals surface area contributed by atoms with Crippen molar-refractivity contribution in [3.8, 4) is 0 Å². The Labute approximate surface area is 131 Å². The molecule has 3 rings (SSSR count). The van der Waals surface area contributed by atoms with E-state index >= 15 is 0 Å². The van der Waals surface area contributed by atoms with Crippen molar-refractivity contribution < 1.29 is 9.90 Å². The van der Waals surface area contributed by atoms with Crippen LogP contribution in [-0.4, -0.2) is 33.6 Å². The summed E-state index contributed by atoms with van der Waals surface area (Å²) >= 11 is 7.55. The van der Waals surface area contributed by atoms with E-state index in [-0.39, 0.29) is 17.9 Å². The smallest absolute Gasteiger partial charge is 0.244 e. The van der Waals surface area contributed by atoms with Crippen molar-refractivity contribution in [2.75, 3.05) is 13.2 Å². The average Bonchev–Trinajstić information content (AvgIpc) is 2.96. The summed E-state index contributed by atoms with van der Waals surface area (Å²) in [5.74, 6) is -0.152. The van der Waals surface area contributed by atoms with E-state index in [1.165, 1.54) is 17.4 Å². The largest absolute Gasteiger partial charge is 0.396 e. The number of aliphatic hydroxyl groups excluding tert-OH is 1. The number of thiazole rings is 1. The van der Waals surface area contributed by atoms with Crippen LogP contribution in [0.25, 0.3) is 11.0 Å². The molecule has 2 aromatic heterocycles. The first-order valence-corrected chi connectivity index (χ1v) is 8.07. The Morgan fingerprint density at radius 3 is 3.14 bits per heavy atom. The minimum Gasteiger partial charge on any atom is -0.396 e. The maximum absolute atomic E-state index is 11.9. The van der Waals surface area contributed by atoms with Crippen molar-refractivity contribution >= 4 is 39.9 Å². The van der Waals surface area contributed by atoms with Gasteiger partial charge in [-0.25, -0.2) is 4.98 Å². The van der Waals surface area contributed by atoms with Crippen LogP contribution in [0.5, 0.6) is 0 Å². The number of rotatable bonds is 6. The number of halogens is 1. The van der Waals surface area contributed by atoms with Gasteiger partial charge in [-0.1, -0.05) is 11.6 Å². The number of aromatic nitrogens is 2. The summed E-state index contributed by atoms with van der Waals surface area (Å²) in [6.45, 7) is 0.790. The molecule has 0 unspecified atom stereocenters. The third kappa shape index (κ3) is 3.12. The molecular weight excluding hydrogens is 310 g/mol. The van der Waals surface area contributed by atoms with E-state index in [9.17, 15) is 4.79 Å². The van der Waals surface area contributed by atoms with Gasteiger partial charge in [0.05, 0.1) is 5.69 Å². The van der Waals surface area contributed by atoms with E-state index in [1.54, 1.807) is 6.08 Å². The lowest BCUT2D eigenvalue weighted by molar-refractivity contribution is -0.116. The summed E-state index contributed by atoms with van der Waals surface area (Å²) in [5.41, 5.74) is 0.826. The van der Waals surface area contributed by atoms with Crippen LogP contribution in [0.2, 0.25) is 5.15 Å². The molecule has 0 radical (unpaired) electrons.